The molecule has 1 fully saturated rings. The number of pyridine rings is 1. The van der Waals surface area contributed by atoms with Crippen LogP contribution in [0.2, 0.25) is 0 Å². The van der Waals surface area contributed by atoms with Crippen LogP contribution in [0.5, 0.6) is 0 Å². The summed E-state index contributed by atoms with van der Waals surface area (Å²) < 4.78 is 0. The monoisotopic (exact) mass is 426 g/mol. The zero-order valence-electron chi connectivity index (χ0n) is 18.0. The van der Waals surface area contributed by atoms with Crippen LogP contribution >= 0.6 is 0 Å². The quantitative estimate of drug-likeness (QED) is 0.397. The standard InChI is InChI=1S/C25H26N6O/c1-26-23-13-22(30-25(31-23)17-8-9-17)21(29-24(32)11-16-5-4-10-27-14-16)12-18-15-28-20-7-3-2-6-19(18)20/h2-7,10,13-15,17,21,28H,8-9,11-12H2,1H3,(H,29,32)(H,26,30,31)/t21-/m0/s1. The molecule has 1 saturated carbocycles. The van der Waals surface area contributed by atoms with Crippen LogP contribution in [0.15, 0.2) is 61.1 Å². The zero-order chi connectivity index (χ0) is 21.9. The zero-order valence-corrected chi connectivity index (χ0v) is 18.0. The average molecular weight is 427 g/mol. The summed E-state index contributed by atoms with van der Waals surface area (Å²) in [5.41, 5.74) is 3.94. The fourth-order valence-electron chi connectivity index (χ4n) is 4.00. The fourth-order valence-corrected chi connectivity index (χ4v) is 4.00. The summed E-state index contributed by atoms with van der Waals surface area (Å²) in [6.07, 6.45) is 8.60. The van der Waals surface area contributed by atoms with Crippen molar-refractivity contribution < 1.29 is 4.79 Å². The minimum atomic E-state index is -0.272. The number of nitrogens with zero attached hydrogens (tertiary/aromatic N) is 3. The summed E-state index contributed by atoms with van der Waals surface area (Å²) in [5, 5.41) is 7.53. The highest BCUT2D eigenvalue weighted by Crippen LogP contribution is 2.39. The number of carbonyl (C=O) groups excluding carboxylic acids is 1. The van der Waals surface area contributed by atoms with Gasteiger partial charge in [0.25, 0.3) is 0 Å². The minimum Gasteiger partial charge on any atom is -0.373 e. The van der Waals surface area contributed by atoms with E-state index in [-0.39, 0.29) is 18.4 Å². The molecule has 1 atom stereocenters. The molecule has 1 amide bonds. The first-order chi connectivity index (χ1) is 15.7. The Balaban J connectivity index is 1.47. The molecule has 0 spiro atoms. The second-order valence-electron chi connectivity index (χ2n) is 8.28. The summed E-state index contributed by atoms with van der Waals surface area (Å²) in [4.78, 5) is 29.9. The molecule has 3 N–H and O–H groups in total. The molecule has 0 radical (unpaired) electrons. The van der Waals surface area contributed by atoms with E-state index >= 15 is 0 Å². The second-order valence-corrected chi connectivity index (χ2v) is 8.28. The summed E-state index contributed by atoms with van der Waals surface area (Å²) in [7, 11) is 1.86. The summed E-state index contributed by atoms with van der Waals surface area (Å²) in [5.74, 6) is 2.00. The number of fused-ring (bicyclic) bond motifs is 1. The number of amides is 1. The molecule has 0 bridgehead atoms. The van der Waals surface area contributed by atoms with E-state index in [2.05, 4.69) is 37.7 Å². The van der Waals surface area contributed by atoms with Gasteiger partial charge in [-0.3, -0.25) is 9.78 Å². The summed E-state index contributed by atoms with van der Waals surface area (Å²) in [6, 6.07) is 13.6. The molecule has 32 heavy (non-hydrogen) atoms. The maximum atomic E-state index is 13.0. The van der Waals surface area contributed by atoms with Crippen molar-refractivity contribution in [2.24, 2.45) is 0 Å². The molecular formula is C25H26N6O. The van der Waals surface area contributed by atoms with Crippen LogP contribution in [-0.2, 0) is 17.6 Å². The summed E-state index contributed by atoms with van der Waals surface area (Å²) in [6.45, 7) is 0. The van der Waals surface area contributed by atoms with Crippen LogP contribution in [0.4, 0.5) is 5.82 Å². The van der Waals surface area contributed by atoms with Gasteiger partial charge >= 0.3 is 0 Å². The van der Waals surface area contributed by atoms with E-state index in [0.29, 0.717) is 12.3 Å². The number of rotatable bonds is 8. The van der Waals surface area contributed by atoms with Crippen molar-refractivity contribution in [2.75, 3.05) is 12.4 Å². The highest BCUT2D eigenvalue weighted by Gasteiger charge is 2.29. The minimum absolute atomic E-state index is 0.0552. The highest BCUT2D eigenvalue weighted by atomic mass is 16.1. The molecule has 1 aliphatic rings. The van der Waals surface area contributed by atoms with E-state index < -0.39 is 0 Å². The summed E-state index contributed by atoms with van der Waals surface area (Å²) >= 11 is 0. The van der Waals surface area contributed by atoms with Gasteiger partial charge in [-0.2, -0.15) is 0 Å². The lowest BCUT2D eigenvalue weighted by molar-refractivity contribution is -0.121. The first-order valence-electron chi connectivity index (χ1n) is 11.0. The predicted octanol–water partition coefficient (Wildman–Crippen LogP) is 3.91. The molecule has 3 heterocycles. The van der Waals surface area contributed by atoms with Crippen LogP contribution in [0.3, 0.4) is 0 Å². The van der Waals surface area contributed by atoms with Gasteiger partial charge in [0.2, 0.25) is 5.91 Å². The fraction of sp³-hybridized carbons (Fsp3) is 0.280. The number of aromatic amines is 1. The van der Waals surface area contributed by atoms with Crippen molar-refractivity contribution in [1.29, 1.82) is 0 Å². The van der Waals surface area contributed by atoms with Crippen molar-refractivity contribution in [3.63, 3.8) is 0 Å². The molecule has 5 rings (SSSR count). The molecule has 0 saturated heterocycles. The highest BCUT2D eigenvalue weighted by molar-refractivity contribution is 5.83. The van der Waals surface area contributed by atoms with Gasteiger partial charge in [-0.25, -0.2) is 9.97 Å². The Morgan fingerprint density at radius 1 is 1.19 bits per heavy atom. The number of benzene rings is 1. The first-order valence-corrected chi connectivity index (χ1v) is 11.0. The topological polar surface area (TPSA) is 95.6 Å². The van der Waals surface area contributed by atoms with Crippen LogP contribution in [0.1, 0.15) is 47.4 Å². The van der Waals surface area contributed by atoms with Gasteiger partial charge in [-0.05, 0) is 36.1 Å². The number of carbonyl (C=O) groups is 1. The molecule has 3 aromatic heterocycles. The molecule has 7 nitrogen and oxygen atoms in total. The largest absolute Gasteiger partial charge is 0.373 e. The third-order valence-corrected chi connectivity index (χ3v) is 5.84. The molecule has 4 aromatic rings. The van der Waals surface area contributed by atoms with Gasteiger partial charge in [-0.15, -0.1) is 0 Å². The number of anilines is 1. The van der Waals surface area contributed by atoms with Crippen LogP contribution in [0.25, 0.3) is 10.9 Å². The molecule has 7 heteroatoms. The van der Waals surface area contributed by atoms with E-state index in [0.717, 1.165) is 52.2 Å². The lowest BCUT2D eigenvalue weighted by Crippen LogP contribution is -2.32. The van der Waals surface area contributed by atoms with Gasteiger partial charge in [0.05, 0.1) is 18.2 Å². The molecule has 0 unspecified atom stereocenters. The van der Waals surface area contributed by atoms with Crippen molar-refractivity contribution in [3.8, 4) is 0 Å². The third-order valence-electron chi connectivity index (χ3n) is 5.84. The number of H-pyrrole nitrogens is 1. The Kier molecular flexibility index (Phi) is 5.54. The smallest absolute Gasteiger partial charge is 0.225 e. The van der Waals surface area contributed by atoms with Gasteiger partial charge in [0.15, 0.2) is 0 Å². The predicted molar refractivity (Wildman–Crippen MR) is 124 cm³/mol. The Morgan fingerprint density at radius 2 is 2.06 bits per heavy atom. The van der Waals surface area contributed by atoms with E-state index in [4.69, 9.17) is 4.98 Å². The van der Waals surface area contributed by atoms with E-state index in [1.165, 1.54) is 0 Å². The van der Waals surface area contributed by atoms with E-state index in [9.17, 15) is 4.79 Å². The maximum Gasteiger partial charge on any atom is 0.225 e. The molecular weight excluding hydrogens is 400 g/mol. The van der Waals surface area contributed by atoms with Crippen molar-refractivity contribution in [3.05, 3.63) is 83.7 Å². The van der Waals surface area contributed by atoms with Gasteiger partial charge in [-0.1, -0.05) is 24.3 Å². The SMILES string of the molecule is CNc1cc([C@H](Cc2c[nH]c3ccccc23)NC(=O)Cc2cccnc2)nc(C2CC2)n1. The number of hydrogen-bond acceptors (Lipinski definition) is 5. The Hall–Kier alpha value is -3.74. The van der Waals surface area contributed by atoms with Gasteiger partial charge in [0.1, 0.15) is 11.6 Å². The Morgan fingerprint density at radius 3 is 2.84 bits per heavy atom. The maximum absolute atomic E-state index is 13.0. The van der Waals surface area contributed by atoms with E-state index in [1.54, 1.807) is 12.4 Å². The number of para-hydroxylation sites is 1. The number of aromatic nitrogens is 4. The average Bonchev–Trinajstić information content (AvgIpc) is 3.60. The molecule has 1 aromatic carbocycles. The molecule has 0 aliphatic heterocycles. The second kappa shape index (κ2) is 8.78. The van der Waals surface area contributed by atoms with Crippen molar-refractivity contribution in [2.45, 2.75) is 37.6 Å². The first kappa shape index (κ1) is 20.2. The van der Waals surface area contributed by atoms with Crippen molar-refractivity contribution >= 4 is 22.6 Å². The Bertz CT molecular complexity index is 1230. The molecule has 162 valence electrons. The van der Waals surface area contributed by atoms with Crippen LogP contribution in [0, 0.1) is 0 Å². The van der Waals surface area contributed by atoms with Crippen LogP contribution < -0.4 is 10.6 Å². The van der Waals surface area contributed by atoms with Crippen LogP contribution in [-0.4, -0.2) is 32.9 Å². The van der Waals surface area contributed by atoms with E-state index in [1.807, 2.05) is 43.6 Å². The number of nitrogens with one attached hydrogen (secondary N) is 3. The lowest BCUT2D eigenvalue weighted by atomic mass is 10.0. The van der Waals surface area contributed by atoms with Gasteiger partial charge < -0.3 is 15.6 Å². The normalized spacial score (nSPS) is 14.3. The molecule has 1 aliphatic carbocycles. The van der Waals surface area contributed by atoms with Gasteiger partial charge in [0, 0.05) is 54.9 Å². The third kappa shape index (κ3) is 4.46. The lowest BCUT2D eigenvalue weighted by Gasteiger charge is -2.20. The van der Waals surface area contributed by atoms with Crippen molar-refractivity contribution in [1.82, 2.24) is 25.3 Å². The Labute approximate surface area is 186 Å². The number of hydrogen-bond donors (Lipinski definition) is 3.